The van der Waals surface area contributed by atoms with Gasteiger partial charge in [0.25, 0.3) is 10.1 Å². The fourth-order valence-electron chi connectivity index (χ4n) is 2.04. The van der Waals surface area contributed by atoms with E-state index in [0.29, 0.717) is 0 Å². The van der Waals surface area contributed by atoms with Crippen LogP contribution in [0.4, 0.5) is 13.2 Å². The van der Waals surface area contributed by atoms with Crippen molar-refractivity contribution in [3.05, 3.63) is 34.9 Å². The molecule has 0 radical (unpaired) electrons. The molecular weight excluding hydrogens is 361 g/mol. The predicted molar refractivity (Wildman–Crippen MR) is 86.3 cm³/mol. The van der Waals surface area contributed by atoms with Crippen molar-refractivity contribution < 1.29 is 35.7 Å². The minimum Gasteiger partial charge on any atom is -0.448 e. The first-order chi connectivity index (χ1) is 11.2. The van der Waals surface area contributed by atoms with E-state index in [9.17, 15) is 26.4 Å². The van der Waals surface area contributed by atoms with Crippen LogP contribution in [-0.4, -0.2) is 37.0 Å². The van der Waals surface area contributed by atoms with Crippen LogP contribution in [-0.2, 0) is 14.9 Å². The molecule has 1 aromatic rings. The number of ether oxygens (including phenoxy) is 1. The average Bonchev–Trinajstić information content (AvgIpc) is 2.43. The molecule has 25 heavy (non-hydrogen) atoms. The number of hydrogen-bond donors (Lipinski definition) is 1. The highest BCUT2D eigenvalue weighted by Gasteiger charge is 2.45. The Morgan fingerprint density at radius 1 is 1.08 bits per heavy atom. The van der Waals surface area contributed by atoms with Gasteiger partial charge in [0, 0.05) is 0 Å². The molecule has 5 nitrogen and oxygen atoms in total. The van der Waals surface area contributed by atoms with Gasteiger partial charge in [0.15, 0.2) is 0 Å². The molecule has 0 fully saturated rings. The average molecular weight is 382 g/mol. The highest BCUT2D eigenvalue weighted by molar-refractivity contribution is 7.85. The van der Waals surface area contributed by atoms with E-state index in [0.717, 1.165) is 11.1 Å². The van der Waals surface area contributed by atoms with Crippen molar-refractivity contribution in [3.8, 4) is 0 Å². The first-order valence-corrected chi connectivity index (χ1v) is 9.19. The minimum atomic E-state index is -5.12. The van der Waals surface area contributed by atoms with E-state index in [4.69, 9.17) is 4.55 Å². The fourth-order valence-corrected chi connectivity index (χ4v) is 2.68. The normalized spacial score (nSPS) is 14.0. The van der Waals surface area contributed by atoms with Crippen molar-refractivity contribution in [2.24, 2.45) is 0 Å². The molecule has 1 rings (SSSR count). The Kier molecular flexibility index (Phi) is 6.63. The van der Waals surface area contributed by atoms with Crippen LogP contribution in [0.3, 0.4) is 0 Å². The largest absolute Gasteiger partial charge is 0.448 e. The maximum Gasteiger partial charge on any atom is 0.426 e. The van der Waals surface area contributed by atoms with Crippen LogP contribution in [0.1, 0.15) is 61.0 Å². The zero-order chi connectivity index (χ0) is 19.6. The summed E-state index contributed by atoms with van der Waals surface area (Å²) in [6, 6.07) is 4.69. The third-order valence-corrected chi connectivity index (χ3v) is 4.25. The van der Waals surface area contributed by atoms with Crippen LogP contribution in [0.15, 0.2) is 18.2 Å². The number of carbonyl (C=O) groups excluding carboxylic acids is 1. The summed E-state index contributed by atoms with van der Waals surface area (Å²) in [6.45, 7) is 7.47. The standard InChI is InChI=1S/C16H21F3O5S/c1-9(2)11-5-12(10(3)4)7-13(6-11)15(20)24-14(16(17,18)19)8-25(21,22)23/h5-7,9-10,14H,8H2,1-4H3,(H,21,22,23). The molecule has 0 aliphatic carbocycles. The number of carbonyl (C=O) groups is 1. The molecule has 0 aromatic heterocycles. The molecule has 0 saturated heterocycles. The van der Waals surface area contributed by atoms with E-state index in [2.05, 4.69) is 4.74 Å². The number of alkyl halides is 3. The molecule has 1 unspecified atom stereocenters. The Morgan fingerprint density at radius 2 is 1.52 bits per heavy atom. The lowest BCUT2D eigenvalue weighted by Gasteiger charge is -2.20. The quantitative estimate of drug-likeness (QED) is 0.596. The van der Waals surface area contributed by atoms with Crippen molar-refractivity contribution in [2.45, 2.75) is 51.8 Å². The second-order valence-electron chi connectivity index (χ2n) is 6.38. The molecule has 0 spiro atoms. The fraction of sp³-hybridized carbons (Fsp3) is 0.562. The van der Waals surface area contributed by atoms with Crippen molar-refractivity contribution >= 4 is 16.1 Å². The zero-order valence-corrected chi connectivity index (χ0v) is 15.1. The lowest BCUT2D eigenvalue weighted by atomic mass is 9.93. The van der Waals surface area contributed by atoms with Crippen molar-refractivity contribution in [1.29, 1.82) is 0 Å². The molecule has 0 aliphatic heterocycles. The summed E-state index contributed by atoms with van der Waals surface area (Å²) in [6.07, 6.45) is -8.07. The lowest BCUT2D eigenvalue weighted by molar-refractivity contribution is -0.197. The molecule has 1 N–H and O–H groups in total. The number of benzene rings is 1. The SMILES string of the molecule is CC(C)c1cc(C(=O)OC(CS(=O)(=O)O)C(F)(F)F)cc(C(C)C)c1. The monoisotopic (exact) mass is 382 g/mol. The highest BCUT2D eigenvalue weighted by Crippen LogP contribution is 2.27. The lowest BCUT2D eigenvalue weighted by Crippen LogP contribution is -2.39. The van der Waals surface area contributed by atoms with Crippen molar-refractivity contribution in [1.82, 2.24) is 0 Å². The van der Waals surface area contributed by atoms with Crippen LogP contribution in [0.2, 0.25) is 0 Å². The summed E-state index contributed by atoms with van der Waals surface area (Å²) < 4.78 is 73.2. The van der Waals surface area contributed by atoms with E-state index in [1.807, 2.05) is 33.8 Å². The van der Waals surface area contributed by atoms with Crippen LogP contribution in [0.25, 0.3) is 0 Å². The Hall–Kier alpha value is -1.61. The molecule has 9 heteroatoms. The van der Waals surface area contributed by atoms with Crippen LogP contribution in [0.5, 0.6) is 0 Å². The number of hydrogen-bond acceptors (Lipinski definition) is 4. The van der Waals surface area contributed by atoms with Gasteiger partial charge in [0.2, 0.25) is 6.10 Å². The third-order valence-electron chi connectivity index (χ3n) is 3.52. The molecule has 0 saturated carbocycles. The molecule has 0 aliphatic rings. The topological polar surface area (TPSA) is 80.7 Å². The van der Waals surface area contributed by atoms with E-state index in [-0.39, 0.29) is 17.4 Å². The van der Waals surface area contributed by atoms with Crippen LogP contribution in [0, 0.1) is 0 Å². The number of halogens is 3. The van der Waals surface area contributed by atoms with Gasteiger partial charge in [-0.3, -0.25) is 4.55 Å². The first kappa shape index (κ1) is 21.4. The number of rotatable bonds is 6. The van der Waals surface area contributed by atoms with E-state index >= 15 is 0 Å². The Bertz CT molecular complexity index is 698. The first-order valence-electron chi connectivity index (χ1n) is 7.58. The summed E-state index contributed by atoms with van der Waals surface area (Å²) in [5.41, 5.74) is 1.40. The van der Waals surface area contributed by atoms with Gasteiger partial charge in [0.1, 0.15) is 5.75 Å². The van der Waals surface area contributed by atoms with Gasteiger partial charge < -0.3 is 4.74 Å². The number of esters is 1. The molecule has 142 valence electrons. The predicted octanol–water partition coefficient (Wildman–Crippen LogP) is 3.91. The van der Waals surface area contributed by atoms with E-state index in [1.54, 1.807) is 0 Å². The maximum absolute atomic E-state index is 12.9. The van der Waals surface area contributed by atoms with Gasteiger partial charge in [-0.2, -0.15) is 21.6 Å². The Morgan fingerprint density at radius 3 is 1.84 bits per heavy atom. The summed E-state index contributed by atoms with van der Waals surface area (Å²) in [4.78, 5) is 12.1. The summed E-state index contributed by atoms with van der Waals surface area (Å²) >= 11 is 0. The maximum atomic E-state index is 12.9. The Balaban J connectivity index is 3.20. The molecule has 0 amide bonds. The molecule has 1 atom stereocenters. The zero-order valence-electron chi connectivity index (χ0n) is 14.3. The van der Waals surface area contributed by atoms with Gasteiger partial charge in [-0.15, -0.1) is 0 Å². The smallest absolute Gasteiger partial charge is 0.426 e. The summed E-state index contributed by atoms with van der Waals surface area (Å²) in [5, 5.41) is 0. The molecular formula is C16H21F3O5S. The van der Waals surface area contributed by atoms with E-state index in [1.165, 1.54) is 12.1 Å². The van der Waals surface area contributed by atoms with Crippen LogP contribution < -0.4 is 0 Å². The van der Waals surface area contributed by atoms with Crippen molar-refractivity contribution in [2.75, 3.05) is 5.75 Å². The van der Waals surface area contributed by atoms with Gasteiger partial charge in [-0.25, -0.2) is 4.79 Å². The highest BCUT2D eigenvalue weighted by atomic mass is 32.2. The molecule has 1 aromatic carbocycles. The second-order valence-corrected chi connectivity index (χ2v) is 7.88. The summed E-state index contributed by atoms with van der Waals surface area (Å²) in [7, 11) is -4.97. The van der Waals surface area contributed by atoms with Gasteiger partial charge in [0.05, 0.1) is 5.56 Å². The summed E-state index contributed by atoms with van der Waals surface area (Å²) in [5.74, 6) is -2.98. The van der Waals surface area contributed by atoms with Gasteiger partial charge >= 0.3 is 12.1 Å². The second kappa shape index (κ2) is 7.74. The van der Waals surface area contributed by atoms with Crippen molar-refractivity contribution in [3.63, 3.8) is 0 Å². The Labute approximate surface area is 144 Å². The molecule has 0 bridgehead atoms. The van der Waals surface area contributed by atoms with Gasteiger partial charge in [-0.05, 0) is 35.1 Å². The van der Waals surface area contributed by atoms with Crippen LogP contribution >= 0.6 is 0 Å². The third kappa shape index (κ3) is 6.66. The minimum absolute atomic E-state index is 0.0292. The van der Waals surface area contributed by atoms with Gasteiger partial charge in [-0.1, -0.05) is 33.8 Å². The molecule has 0 heterocycles. The van der Waals surface area contributed by atoms with E-state index < -0.39 is 34.1 Å².